The number of carbonyl (C=O) groups excluding carboxylic acids is 2. The van der Waals surface area contributed by atoms with Crippen LogP contribution in [0.15, 0.2) is 24.3 Å². The summed E-state index contributed by atoms with van der Waals surface area (Å²) in [6.07, 6.45) is 2.01. The predicted octanol–water partition coefficient (Wildman–Crippen LogP) is 2.36. The van der Waals surface area contributed by atoms with Crippen LogP contribution in [0.5, 0.6) is 5.75 Å². The molecule has 0 aliphatic rings. The highest BCUT2D eigenvalue weighted by Gasteiger charge is 2.16. The molecule has 1 amide bonds. The SMILES string of the molecule is CCOC(=O)CCN(CCCN(C)C)C(=O)COc1ccc(CC)cc1. The first kappa shape index (κ1) is 22.0. The number of ether oxygens (including phenoxy) is 2. The molecular formula is C20H32N2O4. The maximum absolute atomic E-state index is 12.5. The highest BCUT2D eigenvalue weighted by Crippen LogP contribution is 2.12. The van der Waals surface area contributed by atoms with E-state index in [2.05, 4.69) is 11.8 Å². The largest absolute Gasteiger partial charge is 0.484 e. The summed E-state index contributed by atoms with van der Waals surface area (Å²) in [7, 11) is 3.99. The lowest BCUT2D eigenvalue weighted by Crippen LogP contribution is -2.38. The molecule has 0 bridgehead atoms. The summed E-state index contributed by atoms with van der Waals surface area (Å²) in [5.41, 5.74) is 1.23. The Kier molecular flexibility index (Phi) is 10.4. The van der Waals surface area contributed by atoms with Crippen LogP contribution in [-0.4, -0.2) is 68.6 Å². The summed E-state index contributed by atoms with van der Waals surface area (Å²) in [6.45, 7) is 6.00. The van der Waals surface area contributed by atoms with Crippen molar-refractivity contribution in [1.82, 2.24) is 9.80 Å². The van der Waals surface area contributed by atoms with Crippen molar-refractivity contribution in [2.45, 2.75) is 33.1 Å². The van der Waals surface area contributed by atoms with Crippen molar-refractivity contribution >= 4 is 11.9 Å². The molecular weight excluding hydrogens is 332 g/mol. The van der Waals surface area contributed by atoms with Crippen LogP contribution in [0.2, 0.25) is 0 Å². The highest BCUT2D eigenvalue weighted by molar-refractivity contribution is 5.78. The molecule has 6 heteroatoms. The van der Waals surface area contributed by atoms with E-state index in [0.29, 0.717) is 25.4 Å². The van der Waals surface area contributed by atoms with E-state index in [4.69, 9.17) is 9.47 Å². The van der Waals surface area contributed by atoms with Gasteiger partial charge < -0.3 is 19.3 Å². The predicted molar refractivity (Wildman–Crippen MR) is 102 cm³/mol. The third-order valence-electron chi connectivity index (χ3n) is 3.97. The maximum Gasteiger partial charge on any atom is 0.307 e. The van der Waals surface area contributed by atoms with Crippen LogP contribution in [0.25, 0.3) is 0 Å². The molecule has 0 fully saturated rings. The number of hydrogen-bond donors (Lipinski definition) is 0. The number of amides is 1. The zero-order valence-corrected chi connectivity index (χ0v) is 16.5. The molecule has 0 aliphatic heterocycles. The van der Waals surface area contributed by atoms with Gasteiger partial charge in [0.25, 0.3) is 5.91 Å². The summed E-state index contributed by atoms with van der Waals surface area (Å²) in [5.74, 6) is 0.274. The number of rotatable bonds is 12. The van der Waals surface area contributed by atoms with Crippen molar-refractivity contribution in [2.75, 3.05) is 46.9 Å². The Balaban J connectivity index is 2.55. The Bertz CT molecular complexity index is 543. The molecule has 6 nitrogen and oxygen atoms in total. The first-order valence-electron chi connectivity index (χ1n) is 9.26. The standard InChI is InChI=1S/C20H32N2O4/c1-5-17-8-10-18(11-9-17)26-16-19(23)22(14-7-13-21(3)4)15-12-20(24)25-6-2/h8-11H,5-7,12-16H2,1-4H3. The van der Waals surface area contributed by atoms with Gasteiger partial charge in [-0.3, -0.25) is 9.59 Å². The molecule has 0 aliphatic carbocycles. The van der Waals surface area contributed by atoms with Gasteiger partial charge in [-0.2, -0.15) is 0 Å². The van der Waals surface area contributed by atoms with Crippen molar-refractivity contribution in [3.63, 3.8) is 0 Å². The monoisotopic (exact) mass is 364 g/mol. The van der Waals surface area contributed by atoms with E-state index in [1.165, 1.54) is 5.56 Å². The molecule has 146 valence electrons. The lowest BCUT2D eigenvalue weighted by molar-refractivity contribution is -0.144. The van der Waals surface area contributed by atoms with Gasteiger partial charge in [0.15, 0.2) is 6.61 Å². The molecule has 1 aromatic carbocycles. The fourth-order valence-corrected chi connectivity index (χ4v) is 2.46. The zero-order valence-electron chi connectivity index (χ0n) is 16.5. The zero-order chi connectivity index (χ0) is 19.4. The van der Waals surface area contributed by atoms with Gasteiger partial charge in [-0.15, -0.1) is 0 Å². The maximum atomic E-state index is 12.5. The van der Waals surface area contributed by atoms with Gasteiger partial charge in [-0.1, -0.05) is 19.1 Å². The highest BCUT2D eigenvalue weighted by atomic mass is 16.5. The normalized spacial score (nSPS) is 10.7. The number of esters is 1. The minimum Gasteiger partial charge on any atom is -0.484 e. The van der Waals surface area contributed by atoms with Gasteiger partial charge >= 0.3 is 5.97 Å². The van der Waals surface area contributed by atoms with E-state index in [9.17, 15) is 9.59 Å². The van der Waals surface area contributed by atoms with Crippen molar-refractivity contribution in [3.8, 4) is 5.75 Å². The van der Waals surface area contributed by atoms with Crippen LogP contribution in [0.1, 0.15) is 32.3 Å². The molecule has 0 heterocycles. The van der Waals surface area contributed by atoms with E-state index in [1.807, 2.05) is 38.4 Å². The number of carbonyl (C=O) groups is 2. The molecule has 1 rings (SSSR count). The smallest absolute Gasteiger partial charge is 0.307 e. The third-order valence-corrected chi connectivity index (χ3v) is 3.97. The van der Waals surface area contributed by atoms with Crippen LogP contribution in [0.4, 0.5) is 0 Å². The number of benzene rings is 1. The minimum atomic E-state index is -0.283. The molecule has 0 N–H and O–H groups in total. The fraction of sp³-hybridized carbons (Fsp3) is 0.600. The van der Waals surface area contributed by atoms with Crippen molar-refractivity contribution in [3.05, 3.63) is 29.8 Å². The third kappa shape index (κ3) is 8.85. The molecule has 0 saturated heterocycles. The molecule has 0 atom stereocenters. The summed E-state index contributed by atoms with van der Waals surface area (Å²) < 4.78 is 10.6. The summed E-state index contributed by atoms with van der Waals surface area (Å²) in [4.78, 5) is 27.9. The molecule has 26 heavy (non-hydrogen) atoms. The molecule has 1 aromatic rings. The Morgan fingerprint density at radius 1 is 1.00 bits per heavy atom. The van der Waals surface area contributed by atoms with Crippen LogP contribution < -0.4 is 4.74 Å². The van der Waals surface area contributed by atoms with Gasteiger partial charge in [0.05, 0.1) is 13.0 Å². The fourth-order valence-electron chi connectivity index (χ4n) is 2.46. The summed E-state index contributed by atoms with van der Waals surface area (Å²) in [6, 6.07) is 7.74. The first-order chi connectivity index (χ1) is 12.5. The van der Waals surface area contributed by atoms with Crippen LogP contribution in [-0.2, 0) is 20.7 Å². The van der Waals surface area contributed by atoms with E-state index in [1.54, 1.807) is 11.8 Å². The lowest BCUT2D eigenvalue weighted by Gasteiger charge is -2.23. The average molecular weight is 364 g/mol. The first-order valence-corrected chi connectivity index (χ1v) is 9.26. The number of hydrogen-bond acceptors (Lipinski definition) is 5. The second-order valence-corrected chi connectivity index (χ2v) is 6.38. The number of nitrogens with zero attached hydrogens (tertiary/aromatic N) is 2. The van der Waals surface area contributed by atoms with Crippen molar-refractivity contribution in [2.24, 2.45) is 0 Å². The molecule has 0 radical (unpaired) electrons. The lowest BCUT2D eigenvalue weighted by atomic mass is 10.2. The molecule has 0 spiro atoms. The van der Waals surface area contributed by atoms with Gasteiger partial charge in [0.1, 0.15) is 5.75 Å². The second kappa shape index (κ2) is 12.3. The van der Waals surface area contributed by atoms with Gasteiger partial charge in [0, 0.05) is 13.1 Å². The Labute approximate surface area is 157 Å². The van der Waals surface area contributed by atoms with Crippen LogP contribution >= 0.6 is 0 Å². The average Bonchev–Trinajstić information content (AvgIpc) is 2.62. The van der Waals surface area contributed by atoms with Crippen LogP contribution in [0, 0.1) is 0 Å². The second-order valence-electron chi connectivity index (χ2n) is 6.38. The van der Waals surface area contributed by atoms with Crippen molar-refractivity contribution < 1.29 is 19.1 Å². The molecule has 0 unspecified atom stereocenters. The van der Waals surface area contributed by atoms with Crippen LogP contribution in [0.3, 0.4) is 0 Å². The van der Waals surface area contributed by atoms with E-state index < -0.39 is 0 Å². The van der Waals surface area contributed by atoms with Crippen molar-refractivity contribution in [1.29, 1.82) is 0 Å². The van der Waals surface area contributed by atoms with Gasteiger partial charge in [0.2, 0.25) is 0 Å². The van der Waals surface area contributed by atoms with Gasteiger partial charge in [-0.25, -0.2) is 0 Å². The Hall–Kier alpha value is -2.08. The van der Waals surface area contributed by atoms with Gasteiger partial charge in [-0.05, 0) is 58.1 Å². The molecule has 0 aromatic heterocycles. The van der Waals surface area contributed by atoms with E-state index >= 15 is 0 Å². The van der Waals surface area contributed by atoms with E-state index in [-0.39, 0.29) is 24.9 Å². The Morgan fingerprint density at radius 3 is 2.27 bits per heavy atom. The Morgan fingerprint density at radius 2 is 1.69 bits per heavy atom. The summed E-state index contributed by atoms with van der Waals surface area (Å²) >= 11 is 0. The number of aryl methyl sites for hydroxylation is 1. The van der Waals surface area contributed by atoms with E-state index in [0.717, 1.165) is 19.4 Å². The summed E-state index contributed by atoms with van der Waals surface area (Å²) in [5, 5.41) is 0. The molecule has 0 saturated carbocycles. The quantitative estimate of drug-likeness (QED) is 0.533. The topological polar surface area (TPSA) is 59.1 Å². The minimum absolute atomic E-state index is 0.0315.